The number of ether oxygens (including phenoxy) is 1. The van der Waals surface area contributed by atoms with Crippen LogP contribution in [0.3, 0.4) is 0 Å². The fourth-order valence-electron chi connectivity index (χ4n) is 4.32. The molecule has 9 nitrogen and oxygen atoms in total. The largest absolute Gasteiger partial charge is 0.490 e. The molecule has 0 bridgehead atoms. The summed E-state index contributed by atoms with van der Waals surface area (Å²) >= 11 is 1.35. The van der Waals surface area contributed by atoms with E-state index in [-0.39, 0.29) is 29.5 Å². The van der Waals surface area contributed by atoms with Crippen molar-refractivity contribution in [1.82, 2.24) is 30.5 Å². The van der Waals surface area contributed by atoms with Crippen LogP contribution in [-0.4, -0.2) is 48.9 Å². The zero-order valence-electron chi connectivity index (χ0n) is 22.4. The number of pyridine rings is 1. The Morgan fingerprint density at radius 3 is 2.66 bits per heavy atom. The number of aromatic amines is 1. The summed E-state index contributed by atoms with van der Waals surface area (Å²) in [6.45, 7) is 8.35. The van der Waals surface area contributed by atoms with Crippen LogP contribution in [0.5, 0.6) is 5.75 Å². The normalized spacial score (nSPS) is 12.7. The molecule has 0 radical (unpaired) electrons. The third-order valence-electron chi connectivity index (χ3n) is 6.26. The summed E-state index contributed by atoms with van der Waals surface area (Å²) in [6, 6.07) is 4.96. The molecule has 0 fully saturated rings. The maximum absolute atomic E-state index is 15.7. The molecule has 0 aliphatic rings. The Morgan fingerprint density at radius 2 is 1.95 bits per heavy atom. The molecule has 0 unspecified atom stereocenters. The van der Waals surface area contributed by atoms with Gasteiger partial charge in [-0.05, 0) is 44.4 Å². The van der Waals surface area contributed by atoms with Crippen molar-refractivity contribution < 1.29 is 23.4 Å². The SMILES string of the molecule is C=CC(=O)N[C@@H](C)c1cc(-c2nc(-c3cnc(C)nc3)c3ccsc3c2-c2c(F)cc(F)cc2OC[C@@H](C)O)n[nH]1. The van der Waals surface area contributed by atoms with Gasteiger partial charge in [-0.15, -0.1) is 11.3 Å². The number of rotatable bonds is 9. The van der Waals surface area contributed by atoms with Crippen molar-refractivity contribution in [3.63, 3.8) is 0 Å². The number of aliphatic hydroxyl groups excluding tert-OH is 1. The quantitative estimate of drug-likeness (QED) is 0.197. The van der Waals surface area contributed by atoms with E-state index in [1.807, 2.05) is 11.4 Å². The van der Waals surface area contributed by atoms with E-state index in [1.165, 1.54) is 24.3 Å². The molecular weight excluding hydrogens is 550 g/mol. The summed E-state index contributed by atoms with van der Waals surface area (Å²) < 4.78 is 36.5. The van der Waals surface area contributed by atoms with Gasteiger partial charge >= 0.3 is 0 Å². The van der Waals surface area contributed by atoms with E-state index in [4.69, 9.17) is 9.72 Å². The first-order valence-electron chi connectivity index (χ1n) is 12.6. The number of carbonyl (C=O) groups is 1. The monoisotopic (exact) mass is 576 g/mol. The summed E-state index contributed by atoms with van der Waals surface area (Å²) in [5, 5.41) is 22.5. The standard InChI is InChI=1S/C29H26F2N6O3S/c1-5-24(39)34-15(3)21-10-22(37-36-21)28-26(25-20(31)8-18(30)9-23(25)40-13-14(2)38)29-19(6-7-41-29)27(35-28)17-11-32-16(4)33-12-17/h5-12,14-15,38H,1,13H2,2-4H3,(H,34,39)(H,36,37)/t14-,15+/m1/s1. The van der Waals surface area contributed by atoms with Crippen LogP contribution in [0.1, 0.15) is 31.4 Å². The molecule has 1 amide bonds. The molecule has 0 saturated carbocycles. The van der Waals surface area contributed by atoms with Gasteiger partial charge in [0.2, 0.25) is 5.91 Å². The summed E-state index contributed by atoms with van der Waals surface area (Å²) in [5.41, 5.74) is 2.71. The topological polar surface area (TPSA) is 126 Å². The molecule has 5 rings (SSSR count). The molecule has 12 heteroatoms. The predicted molar refractivity (Wildman–Crippen MR) is 152 cm³/mol. The molecule has 4 aromatic heterocycles. The van der Waals surface area contributed by atoms with Crippen molar-refractivity contribution in [3.05, 3.63) is 77.8 Å². The Morgan fingerprint density at radius 1 is 1.20 bits per heavy atom. The van der Waals surface area contributed by atoms with Gasteiger partial charge in [0.05, 0.1) is 29.1 Å². The first-order valence-corrected chi connectivity index (χ1v) is 13.5. The van der Waals surface area contributed by atoms with Crippen LogP contribution in [0.25, 0.3) is 43.9 Å². The molecule has 4 heterocycles. The van der Waals surface area contributed by atoms with Crippen molar-refractivity contribution in [1.29, 1.82) is 0 Å². The van der Waals surface area contributed by atoms with Gasteiger partial charge in [0.1, 0.15) is 41.2 Å². The van der Waals surface area contributed by atoms with Crippen molar-refractivity contribution in [2.75, 3.05) is 6.61 Å². The third-order valence-corrected chi connectivity index (χ3v) is 7.19. The van der Waals surface area contributed by atoms with Crippen LogP contribution in [0.15, 0.2) is 54.7 Å². The maximum Gasteiger partial charge on any atom is 0.243 e. The zero-order chi connectivity index (χ0) is 29.3. The number of nitrogens with one attached hydrogen (secondary N) is 2. The predicted octanol–water partition coefficient (Wildman–Crippen LogP) is 5.52. The van der Waals surface area contributed by atoms with Crippen molar-refractivity contribution in [3.8, 4) is 39.5 Å². The summed E-state index contributed by atoms with van der Waals surface area (Å²) in [5.74, 6) is -1.55. The Kier molecular flexibility index (Phi) is 7.86. The van der Waals surface area contributed by atoms with Crippen molar-refractivity contribution in [2.24, 2.45) is 0 Å². The highest BCUT2D eigenvalue weighted by molar-refractivity contribution is 7.18. The number of aromatic nitrogens is 5. The van der Waals surface area contributed by atoms with E-state index in [0.29, 0.717) is 44.1 Å². The van der Waals surface area contributed by atoms with Crippen LogP contribution in [-0.2, 0) is 4.79 Å². The Bertz CT molecular complexity index is 1750. The molecule has 41 heavy (non-hydrogen) atoms. The second-order valence-corrected chi connectivity index (χ2v) is 10.3. The van der Waals surface area contributed by atoms with E-state index in [0.717, 1.165) is 12.1 Å². The minimum Gasteiger partial charge on any atom is -0.490 e. The summed E-state index contributed by atoms with van der Waals surface area (Å²) in [6.07, 6.45) is 3.60. The Labute approximate surface area is 238 Å². The number of thiophene rings is 1. The maximum atomic E-state index is 15.7. The molecular formula is C29H26F2N6O3S. The molecule has 0 aliphatic heterocycles. The number of hydrogen-bond acceptors (Lipinski definition) is 8. The van der Waals surface area contributed by atoms with E-state index in [1.54, 1.807) is 32.3 Å². The van der Waals surface area contributed by atoms with Gasteiger partial charge in [0.15, 0.2) is 0 Å². The van der Waals surface area contributed by atoms with Crippen LogP contribution < -0.4 is 10.1 Å². The molecule has 0 saturated heterocycles. The number of carbonyl (C=O) groups excluding carboxylic acids is 1. The van der Waals surface area contributed by atoms with E-state index < -0.39 is 23.8 Å². The minimum absolute atomic E-state index is 0.0220. The lowest BCUT2D eigenvalue weighted by atomic mass is 9.97. The second kappa shape index (κ2) is 11.5. The van der Waals surface area contributed by atoms with E-state index in [2.05, 4.69) is 32.1 Å². The van der Waals surface area contributed by atoms with E-state index >= 15 is 4.39 Å². The molecule has 3 N–H and O–H groups in total. The number of halogens is 2. The van der Waals surface area contributed by atoms with Crippen LogP contribution in [0, 0.1) is 18.6 Å². The number of fused-ring (bicyclic) bond motifs is 1. The fourth-order valence-corrected chi connectivity index (χ4v) is 5.27. The number of nitrogens with zero attached hydrogens (tertiary/aromatic N) is 4. The number of amides is 1. The highest BCUT2D eigenvalue weighted by atomic mass is 32.1. The number of benzene rings is 1. The highest BCUT2D eigenvalue weighted by Crippen LogP contribution is 2.46. The minimum atomic E-state index is -0.876. The van der Waals surface area contributed by atoms with Crippen molar-refractivity contribution in [2.45, 2.75) is 32.9 Å². The number of H-pyrrole nitrogens is 1. The Hall–Kier alpha value is -4.55. The third kappa shape index (κ3) is 5.70. The molecule has 0 spiro atoms. The van der Waals surface area contributed by atoms with Gasteiger partial charge in [-0.3, -0.25) is 9.89 Å². The van der Waals surface area contributed by atoms with Crippen LogP contribution in [0.4, 0.5) is 8.78 Å². The number of aryl methyl sites for hydroxylation is 1. The lowest BCUT2D eigenvalue weighted by molar-refractivity contribution is -0.117. The fraction of sp³-hybridized carbons (Fsp3) is 0.207. The highest BCUT2D eigenvalue weighted by Gasteiger charge is 2.27. The summed E-state index contributed by atoms with van der Waals surface area (Å²) in [7, 11) is 0. The molecule has 210 valence electrons. The second-order valence-electron chi connectivity index (χ2n) is 9.43. The average Bonchev–Trinajstić information content (AvgIpc) is 3.62. The van der Waals surface area contributed by atoms with Crippen LogP contribution in [0.2, 0.25) is 0 Å². The first kappa shape index (κ1) is 28.0. The van der Waals surface area contributed by atoms with Gasteiger partial charge in [-0.2, -0.15) is 5.10 Å². The smallest absolute Gasteiger partial charge is 0.243 e. The van der Waals surface area contributed by atoms with Crippen LogP contribution >= 0.6 is 11.3 Å². The van der Waals surface area contributed by atoms with Gasteiger partial charge in [0.25, 0.3) is 0 Å². The van der Waals surface area contributed by atoms with Crippen molar-refractivity contribution >= 4 is 27.3 Å². The lowest BCUT2D eigenvalue weighted by Gasteiger charge is -2.18. The molecule has 2 atom stereocenters. The zero-order valence-corrected chi connectivity index (χ0v) is 23.2. The number of aliphatic hydroxyl groups is 1. The average molecular weight is 577 g/mol. The summed E-state index contributed by atoms with van der Waals surface area (Å²) in [4.78, 5) is 25.4. The van der Waals surface area contributed by atoms with E-state index in [9.17, 15) is 14.3 Å². The molecule has 1 aromatic carbocycles. The lowest BCUT2D eigenvalue weighted by Crippen LogP contribution is -2.24. The van der Waals surface area contributed by atoms with Gasteiger partial charge in [-0.1, -0.05) is 6.58 Å². The number of hydrogen-bond donors (Lipinski definition) is 3. The van der Waals surface area contributed by atoms with Gasteiger partial charge < -0.3 is 15.2 Å². The van der Waals surface area contributed by atoms with Gasteiger partial charge in [-0.25, -0.2) is 23.7 Å². The first-order chi connectivity index (χ1) is 19.7. The van der Waals surface area contributed by atoms with Gasteiger partial charge in [0, 0.05) is 45.7 Å². The molecule has 5 aromatic rings. The Balaban J connectivity index is 1.79. The molecule has 0 aliphatic carbocycles.